The van der Waals surface area contributed by atoms with Gasteiger partial charge in [0.05, 0.1) is 6.57 Å². The number of rotatable bonds is 5. The minimum atomic E-state index is -0.328. The van der Waals surface area contributed by atoms with Gasteiger partial charge in [0.25, 0.3) is 5.91 Å². The Bertz CT molecular complexity index is 1250. The zero-order valence-electron chi connectivity index (χ0n) is 19.0. The van der Waals surface area contributed by atoms with Crippen LogP contribution in [0, 0.1) is 6.57 Å². The summed E-state index contributed by atoms with van der Waals surface area (Å²) in [4.78, 5) is 35.1. The summed E-state index contributed by atoms with van der Waals surface area (Å²) in [6, 6.07) is 12.6. The number of nitrogens with one attached hydrogen (secondary N) is 1. The zero-order chi connectivity index (χ0) is 23.7. The van der Waals surface area contributed by atoms with Crippen molar-refractivity contribution in [2.24, 2.45) is 0 Å². The van der Waals surface area contributed by atoms with Crippen LogP contribution in [0.15, 0.2) is 46.9 Å². The Kier molecular flexibility index (Phi) is 6.03. The van der Waals surface area contributed by atoms with Crippen LogP contribution in [0.25, 0.3) is 27.4 Å². The first-order chi connectivity index (χ1) is 16.5. The van der Waals surface area contributed by atoms with Crippen molar-refractivity contribution in [1.82, 2.24) is 15.2 Å². The topological polar surface area (TPSA) is 89.0 Å². The number of carbonyl (C=O) groups excluding carboxylic acids is 2. The van der Waals surface area contributed by atoms with Gasteiger partial charge in [-0.25, -0.2) is 9.83 Å². The first-order valence-electron chi connectivity index (χ1n) is 11.6. The van der Waals surface area contributed by atoms with E-state index < -0.39 is 0 Å². The van der Waals surface area contributed by atoms with Crippen molar-refractivity contribution in [1.29, 1.82) is 0 Å². The number of aromatic nitrogens is 1. The molecule has 1 unspecified atom stereocenters. The normalized spacial score (nSPS) is 21.9. The van der Waals surface area contributed by atoms with Crippen LogP contribution in [0.1, 0.15) is 42.5 Å². The van der Waals surface area contributed by atoms with Crippen molar-refractivity contribution in [2.75, 3.05) is 13.7 Å². The lowest BCUT2D eigenvalue weighted by Crippen LogP contribution is -2.41. The van der Waals surface area contributed by atoms with E-state index in [2.05, 4.69) is 15.1 Å². The van der Waals surface area contributed by atoms with Gasteiger partial charge in [0.1, 0.15) is 17.2 Å². The molecule has 2 aromatic carbocycles. The van der Waals surface area contributed by atoms with Gasteiger partial charge in [0.15, 0.2) is 0 Å². The molecule has 34 heavy (non-hydrogen) atoms. The van der Waals surface area contributed by atoms with Crippen molar-refractivity contribution in [3.05, 3.63) is 59.4 Å². The second-order valence-corrected chi connectivity index (χ2v) is 8.92. The first-order valence-corrected chi connectivity index (χ1v) is 11.6. The predicted octanol–water partition coefficient (Wildman–Crippen LogP) is 4.33. The van der Waals surface area contributed by atoms with Gasteiger partial charge in [-0.05, 0) is 62.4 Å². The third-order valence-electron chi connectivity index (χ3n) is 6.74. The highest BCUT2D eigenvalue weighted by atomic mass is 16.5. The van der Waals surface area contributed by atoms with Crippen molar-refractivity contribution in [2.45, 2.75) is 50.3 Å². The quantitative estimate of drug-likeness (QED) is 0.575. The number of benzene rings is 2. The summed E-state index contributed by atoms with van der Waals surface area (Å²) >= 11 is 0. The smallest absolute Gasteiger partial charge is 0.253 e. The fraction of sp³-hybridized carbons (Fsp3) is 0.385. The van der Waals surface area contributed by atoms with Crippen LogP contribution >= 0.6 is 0 Å². The zero-order valence-corrected chi connectivity index (χ0v) is 19.0. The van der Waals surface area contributed by atoms with E-state index in [0.717, 1.165) is 37.7 Å². The molecular weight excluding hydrogens is 432 g/mol. The minimum absolute atomic E-state index is 0.0320. The molecule has 1 N–H and O–H groups in total. The Labute approximate surface area is 197 Å². The van der Waals surface area contributed by atoms with Gasteiger partial charge in [-0.3, -0.25) is 9.59 Å². The molecule has 3 aromatic rings. The second-order valence-electron chi connectivity index (χ2n) is 8.92. The van der Waals surface area contributed by atoms with E-state index in [1.165, 1.54) is 0 Å². The van der Waals surface area contributed by atoms with Gasteiger partial charge in [-0.1, -0.05) is 12.1 Å². The van der Waals surface area contributed by atoms with Crippen LogP contribution in [-0.4, -0.2) is 53.5 Å². The number of carbonyl (C=O) groups is 2. The van der Waals surface area contributed by atoms with E-state index >= 15 is 0 Å². The molecule has 5 rings (SSSR count). The van der Waals surface area contributed by atoms with Crippen LogP contribution in [0.4, 0.5) is 5.69 Å². The minimum Gasteiger partial charge on any atom is -0.438 e. The molecule has 0 radical (unpaired) electrons. The van der Waals surface area contributed by atoms with Gasteiger partial charge in [-0.15, -0.1) is 0 Å². The maximum atomic E-state index is 13.1. The number of nitrogens with zero attached hydrogens (tertiary/aromatic N) is 3. The first kappa shape index (κ1) is 22.1. The molecule has 174 valence electrons. The molecule has 1 aromatic heterocycles. The van der Waals surface area contributed by atoms with E-state index in [1.54, 1.807) is 35.2 Å². The van der Waals surface area contributed by atoms with Crippen LogP contribution in [0.5, 0.6) is 0 Å². The van der Waals surface area contributed by atoms with Crippen molar-refractivity contribution < 1.29 is 18.7 Å². The van der Waals surface area contributed by atoms with Gasteiger partial charge in [-0.2, -0.15) is 0 Å². The average molecular weight is 459 g/mol. The molecule has 2 heterocycles. The van der Waals surface area contributed by atoms with Crippen LogP contribution < -0.4 is 5.32 Å². The molecule has 8 nitrogen and oxygen atoms in total. The highest BCUT2D eigenvalue weighted by Crippen LogP contribution is 2.31. The van der Waals surface area contributed by atoms with E-state index in [-0.39, 0.29) is 30.0 Å². The summed E-state index contributed by atoms with van der Waals surface area (Å²) < 4.78 is 11.3. The molecule has 2 fully saturated rings. The van der Waals surface area contributed by atoms with Gasteiger partial charge in [0.2, 0.25) is 17.5 Å². The fourth-order valence-corrected chi connectivity index (χ4v) is 4.79. The lowest BCUT2D eigenvalue weighted by atomic mass is 10.1. The molecule has 2 aliphatic rings. The number of para-hydroxylation sites is 1. The molecule has 1 saturated carbocycles. The van der Waals surface area contributed by atoms with Crippen LogP contribution in [0.2, 0.25) is 0 Å². The van der Waals surface area contributed by atoms with Crippen LogP contribution in [0.3, 0.4) is 0 Å². The molecule has 0 spiro atoms. The van der Waals surface area contributed by atoms with Crippen molar-refractivity contribution in [3.8, 4) is 11.5 Å². The third kappa shape index (κ3) is 4.27. The maximum Gasteiger partial charge on any atom is 0.253 e. The molecule has 1 aliphatic heterocycles. The Morgan fingerprint density at radius 1 is 1.15 bits per heavy atom. The molecule has 1 saturated heterocycles. The Hall–Kier alpha value is -3.70. The highest BCUT2D eigenvalue weighted by molar-refractivity contribution is 5.95. The number of hydrogen-bond donors (Lipinski definition) is 1. The lowest BCUT2D eigenvalue weighted by molar-refractivity contribution is -0.130. The summed E-state index contributed by atoms with van der Waals surface area (Å²) in [6.45, 7) is 7.93. The van der Waals surface area contributed by atoms with E-state index in [1.807, 2.05) is 19.2 Å². The van der Waals surface area contributed by atoms with Crippen LogP contribution in [-0.2, 0) is 9.53 Å². The number of oxazole rings is 1. The number of amides is 2. The Morgan fingerprint density at radius 2 is 1.97 bits per heavy atom. The Balaban J connectivity index is 1.23. The van der Waals surface area contributed by atoms with Crippen molar-refractivity contribution >= 4 is 28.6 Å². The maximum absolute atomic E-state index is 13.1. The highest BCUT2D eigenvalue weighted by Gasteiger charge is 2.33. The number of hydrogen-bond acceptors (Lipinski definition) is 5. The lowest BCUT2D eigenvalue weighted by Gasteiger charge is -2.25. The summed E-state index contributed by atoms with van der Waals surface area (Å²) in [5.41, 5.74) is 2.86. The SMILES string of the molecule is [C-]#[N+]c1cccc2oc(-c3ccc(C(=O)N(C)[C@@H]4CC[C@H](NC(=O)C5CCCO5)C4)cc3)nc12. The second kappa shape index (κ2) is 9.27. The van der Waals surface area contributed by atoms with Gasteiger partial charge >= 0.3 is 0 Å². The van der Waals surface area contributed by atoms with E-state index in [9.17, 15) is 9.59 Å². The van der Waals surface area contributed by atoms with Crippen molar-refractivity contribution in [3.63, 3.8) is 0 Å². The summed E-state index contributed by atoms with van der Waals surface area (Å²) in [5, 5.41) is 3.09. The molecule has 1 aliphatic carbocycles. The molecule has 3 atom stereocenters. The standard InChI is InChI=1S/C26H26N4O4/c1-27-20-5-3-6-21-23(20)29-25(34-21)16-8-10-17(11-9-16)26(32)30(2)19-13-12-18(15-19)28-24(31)22-7-4-14-33-22/h3,5-6,8-11,18-19,22H,4,7,12-15H2,2H3,(H,28,31)/t18-,19+,22?/m0/s1. The van der Waals surface area contributed by atoms with Gasteiger partial charge < -0.3 is 19.4 Å². The molecular formula is C26H26N4O4. The van der Waals surface area contributed by atoms with Gasteiger partial charge in [0, 0.05) is 36.9 Å². The largest absolute Gasteiger partial charge is 0.438 e. The molecule has 0 bridgehead atoms. The monoisotopic (exact) mass is 458 g/mol. The summed E-state index contributed by atoms with van der Waals surface area (Å²) in [7, 11) is 1.82. The number of fused-ring (bicyclic) bond motifs is 1. The molecule has 8 heteroatoms. The fourth-order valence-electron chi connectivity index (χ4n) is 4.79. The Morgan fingerprint density at radius 3 is 2.71 bits per heavy atom. The summed E-state index contributed by atoms with van der Waals surface area (Å²) in [6.07, 6.45) is 3.82. The number of ether oxygens (including phenoxy) is 1. The molecule has 2 amide bonds. The average Bonchev–Trinajstić information content (AvgIpc) is 3.63. The van der Waals surface area contributed by atoms with E-state index in [0.29, 0.717) is 34.8 Å². The third-order valence-corrected chi connectivity index (χ3v) is 6.74. The van der Waals surface area contributed by atoms with E-state index in [4.69, 9.17) is 15.7 Å². The predicted molar refractivity (Wildman–Crippen MR) is 126 cm³/mol. The summed E-state index contributed by atoms with van der Waals surface area (Å²) in [5.74, 6) is 0.324.